The molecule has 0 aliphatic rings. The Balaban J connectivity index is 1.84. The van der Waals surface area contributed by atoms with Crippen molar-refractivity contribution in [2.45, 2.75) is 24.4 Å². The maximum absolute atomic E-state index is 13.3. The fraction of sp³-hybridized carbons (Fsp3) is 0.167. The number of benzene rings is 1. The Bertz CT molecular complexity index is 1200. The Morgan fingerprint density at radius 3 is 2.79 bits per heavy atom. The molecule has 0 atom stereocenters. The second-order valence-corrected chi connectivity index (χ2v) is 7.93. The van der Waals surface area contributed by atoms with E-state index in [0.29, 0.717) is 44.0 Å². The maximum Gasteiger partial charge on any atom is 0.263 e. The van der Waals surface area contributed by atoms with Gasteiger partial charge in [-0.15, -0.1) is 21.5 Å². The van der Waals surface area contributed by atoms with Crippen LogP contribution in [0.1, 0.15) is 26.7 Å². The lowest BCUT2D eigenvalue weighted by Crippen LogP contribution is -2.24. The van der Waals surface area contributed by atoms with Gasteiger partial charge in [0.15, 0.2) is 5.16 Å². The van der Waals surface area contributed by atoms with E-state index in [9.17, 15) is 9.59 Å². The van der Waals surface area contributed by atoms with E-state index in [1.807, 2.05) is 30.3 Å². The van der Waals surface area contributed by atoms with Crippen LogP contribution in [0.2, 0.25) is 0 Å². The summed E-state index contributed by atoms with van der Waals surface area (Å²) in [5.41, 5.74) is 6.78. The van der Waals surface area contributed by atoms with Crippen LogP contribution in [0.4, 0.5) is 0 Å². The average Bonchev–Trinajstić information content (AvgIpc) is 3.31. The second-order valence-electron chi connectivity index (χ2n) is 5.99. The highest BCUT2D eigenvalue weighted by Gasteiger charge is 2.21. The number of fused-ring (bicyclic) bond motifs is 1. The lowest BCUT2D eigenvalue weighted by atomic mass is 10.2. The Hall–Kier alpha value is -2.98. The van der Waals surface area contributed by atoms with Crippen LogP contribution >= 0.6 is 23.1 Å². The van der Waals surface area contributed by atoms with Crippen molar-refractivity contribution in [2.75, 3.05) is 0 Å². The number of primary amides is 1. The van der Waals surface area contributed by atoms with Crippen LogP contribution in [0.5, 0.6) is 0 Å². The minimum absolute atomic E-state index is 0.205. The van der Waals surface area contributed by atoms with Crippen molar-refractivity contribution in [3.63, 3.8) is 0 Å². The number of carbonyl (C=O) groups is 1. The number of nitrogens with zero attached hydrogens (tertiary/aromatic N) is 4. The van der Waals surface area contributed by atoms with Crippen molar-refractivity contribution in [1.29, 1.82) is 0 Å². The fourth-order valence-electron chi connectivity index (χ4n) is 2.83. The van der Waals surface area contributed by atoms with Gasteiger partial charge in [0.2, 0.25) is 12.3 Å². The van der Waals surface area contributed by atoms with Crippen LogP contribution in [0, 0.1) is 6.92 Å². The summed E-state index contributed by atoms with van der Waals surface area (Å²) in [4.78, 5) is 30.5. The molecule has 0 aliphatic carbocycles. The SMILES string of the molecule is Cc1c(C(N)=O)sc2nc(SCc3nnco3)n(Cc3ccccc3)c(=O)c12. The first-order chi connectivity index (χ1) is 13.5. The third-order valence-corrected chi connectivity index (χ3v) is 6.31. The average molecular weight is 413 g/mol. The summed E-state index contributed by atoms with van der Waals surface area (Å²) >= 11 is 2.46. The third-order valence-electron chi connectivity index (χ3n) is 4.15. The van der Waals surface area contributed by atoms with Crippen molar-refractivity contribution in [2.24, 2.45) is 5.73 Å². The van der Waals surface area contributed by atoms with E-state index in [-0.39, 0.29) is 5.56 Å². The zero-order chi connectivity index (χ0) is 19.7. The largest absolute Gasteiger partial charge is 0.427 e. The number of thioether (sulfide) groups is 1. The van der Waals surface area contributed by atoms with Crippen molar-refractivity contribution < 1.29 is 9.21 Å². The first-order valence-electron chi connectivity index (χ1n) is 8.30. The van der Waals surface area contributed by atoms with Crippen LogP contribution in [-0.4, -0.2) is 25.7 Å². The van der Waals surface area contributed by atoms with E-state index in [2.05, 4.69) is 15.2 Å². The van der Waals surface area contributed by atoms with E-state index >= 15 is 0 Å². The second kappa shape index (κ2) is 7.56. The summed E-state index contributed by atoms with van der Waals surface area (Å²) in [5, 5.41) is 8.46. The van der Waals surface area contributed by atoms with Crippen molar-refractivity contribution in [1.82, 2.24) is 19.7 Å². The number of aromatic nitrogens is 4. The third kappa shape index (κ3) is 3.43. The normalized spacial score (nSPS) is 11.2. The monoisotopic (exact) mass is 413 g/mol. The topological polar surface area (TPSA) is 117 Å². The van der Waals surface area contributed by atoms with Crippen LogP contribution in [0.15, 0.2) is 51.1 Å². The molecular weight excluding hydrogens is 398 g/mol. The summed E-state index contributed by atoms with van der Waals surface area (Å²) in [7, 11) is 0. The highest BCUT2D eigenvalue weighted by Crippen LogP contribution is 2.30. The molecule has 3 heterocycles. The Morgan fingerprint density at radius 1 is 1.32 bits per heavy atom. The van der Waals surface area contributed by atoms with Gasteiger partial charge >= 0.3 is 0 Å². The van der Waals surface area contributed by atoms with Gasteiger partial charge in [-0.1, -0.05) is 42.1 Å². The lowest BCUT2D eigenvalue weighted by molar-refractivity contribution is 0.100. The predicted octanol–water partition coefficient (Wildman–Crippen LogP) is 2.59. The number of thiophene rings is 1. The van der Waals surface area contributed by atoms with Gasteiger partial charge in [-0.2, -0.15) is 0 Å². The molecule has 28 heavy (non-hydrogen) atoms. The standard InChI is InChI=1S/C18H15N5O3S2/c1-10-13-16(28-14(10)15(19)24)21-18(27-8-12-22-20-9-26-12)23(17(13)25)7-11-5-3-2-4-6-11/h2-6,9H,7-8H2,1H3,(H2,19,24). The van der Waals surface area contributed by atoms with Gasteiger partial charge < -0.3 is 10.2 Å². The molecule has 0 saturated carbocycles. The molecule has 0 bridgehead atoms. The number of hydrogen-bond donors (Lipinski definition) is 1. The highest BCUT2D eigenvalue weighted by molar-refractivity contribution is 7.98. The summed E-state index contributed by atoms with van der Waals surface area (Å²) in [5.74, 6) is 0.250. The van der Waals surface area contributed by atoms with Crippen molar-refractivity contribution in [3.8, 4) is 0 Å². The summed E-state index contributed by atoms with van der Waals surface area (Å²) in [6.45, 7) is 2.08. The van der Waals surface area contributed by atoms with Gasteiger partial charge in [0.1, 0.15) is 4.83 Å². The predicted molar refractivity (Wildman–Crippen MR) is 107 cm³/mol. The molecule has 0 fully saturated rings. The number of aryl methyl sites for hydroxylation is 1. The Labute approximate surface area is 167 Å². The summed E-state index contributed by atoms with van der Waals surface area (Å²) in [6.07, 6.45) is 1.26. The minimum Gasteiger partial charge on any atom is -0.427 e. The molecule has 1 aromatic carbocycles. The van der Waals surface area contributed by atoms with Gasteiger partial charge in [-0.25, -0.2) is 4.98 Å². The number of rotatable bonds is 6. The molecule has 2 N–H and O–H groups in total. The molecule has 142 valence electrons. The quantitative estimate of drug-likeness (QED) is 0.381. The molecule has 0 spiro atoms. The maximum atomic E-state index is 13.3. The van der Waals surface area contributed by atoms with Gasteiger partial charge in [-0.3, -0.25) is 14.2 Å². The van der Waals surface area contributed by atoms with Crippen LogP contribution in [0.3, 0.4) is 0 Å². The number of nitrogens with two attached hydrogens (primary N) is 1. The molecular formula is C18H15N5O3S2. The van der Waals surface area contributed by atoms with E-state index in [4.69, 9.17) is 10.2 Å². The van der Waals surface area contributed by atoms with E-state index < -0.39 is 5.91 Å². The van der Waals surface area contributed by atoms with E-state index in [0.717, 1.165) is 16.9 Å². The first kappa shape index (κ1) is 18.4. The zero-order valence-electron chi connectivity index (χ0n) is 14.8. The summed E-state index contributed by atoms with van der Waals surface area (Å²) in [6, 6.07) is 9.63. The number of hydrogen-bond acceptors (Lipinski definition) is 8. The molecule has 4 rings (SSSR count). The smallest absolute Gasteiger partial charge is 0.263 e. The molecule has 1 amide bonds. The van der Waals surface area contributed by atoms with Crippen LogP contribution in [-0.2, 0) is 12.3 Å². The highest BCUT2D eigenvalue weighted by atomic mass is 32.2. The van der Waals surface area contributed by atoms with Crippen molar-refractivity contribution in [3.05, 3.63) is 69.0 Å². The molecule has 3 aromatic heterocycles. The van der Waals surface area contributed by atoms with Crippen LogP contribution < -0.4 is 11.3 Å². The van der Waals surface area contributed by atoms with Crippen LogP contribution in [0.25, 0.3) is 10.2 Å². The Morgan fingerprint density at radius 2 is 2.11 bits per heavy atom. The Kier molecular flexibility index (Phi) is 4.97. The molecule has 0 unspecified atom stereocenters. The van der Waals surface area contributed by atoms with Gasteiger partial charge in [0.25, 0.3) is 11.5 Å². The van der Waals surface area contributed by atoms with Crippen molar-refractivity contribution >= 4 is 39.2 Å². The van der Waals surface area contributed by atoms with E-state index in [1.165, 1.54) is 18.2 Å². The summed E-state index contributed by atoms with van der Waals surface area (Å²) < 4.78 is 6.77. The first-order valence-corrected chi connectivity index (χ1v) is 10.1. The zero-order valence-corrected chi connectivity index (χ0v) is 16.4. The molecule has 0 saturated heterocycles. The van der Waals surface area contributed by atoms with Gasteiger partial charge in [-0.05, 0) is 18.1 Å². The molecule has 0 radical (unpaired) electrons. The molecule has 10 heteroatoms. The van der Waals surface area contributed by atoms with E-state index in [1.54, 1.807) is 11.5 Å². The lowest BCUT2D eigenvalue weighted by Gasteiger charge is -2.11. The minimum atomic E-state index is -0.561. The molecule has 4 aromatic rings. The number of carbonyl (C=O) groups excluding carboxylic acids is 1. The number of amides is 1. The molecule has 0 aliphatic heterocycles. The van der Waals surface area contributed by atoms with Gasteiger partial charge in [0.05, 0.1) is 22.6 Å². The van der Waals surface area contributed by atoms with Gasteiger partial charge in [0, 0.05) is 0 Å². The molecule has 8 nitrogen and oxygen atoms in total. The fourth-order valence-corrected chi connectivity index (χ4v) is 4.75.